The SMILES string of the molecule is OCc1csc(N2CCN(Cc3ccccc3)CC(O)C2)n1. The molecule has 1 aliphatic heterocycles. The molecule has 1 aromatic carbocycles. The Kier molecular flexibility index (Phi) is 5.04. The average molecular weight is 319 g/mol. The maximum absolute atomic E-state index is 10.3. The predicted octanol–water partition coefficient (Wildman–Crippen LogP) is 1.32. The van der Waals surface area contributed by atoms with Gasteiger partial charge in [-0.1, -0.05) is 30.3 Å². The Hall–Kier alpha value is -1.47. The molecule has 1 aromatic heterocycles. The monoisotopic (exact) mass is 319 g/mol. The summed E-state index contributed by atoms with van der Waals surface area (Å²) in [4.78, 5) is 8.79. The van der Waals surface area contributed by atoms with E-state index in [1.165, 1.54) is 16.9 Å². The van der Waals surface area contributed by atoms with Crippen molar-refractivity contribution in [2.45, 2.75) is 19.3 Å². The Morgan fingerprint density at radius 2 is 2.00 bits per heavy atom. The highest BCUT2D eigenvalue weighted by Gasteiger charge is 2.23. The van der Waals surface area contributed by atoms with Gasteiger partial charge in [-0.3, -0.25) is 4.90 Å². The van der Waals surface area contributed by atoms with Crippen molar-refractivity contribution in [1.29, 1.82) is 0 Å². The molecule has 1 atom stereocenters. The van der Waals surface area contributed by atoms with E-state index in [2.05, 4.69) is 26.9 Å². The van der Waals surface area contributed by atoms with Crippen molar-refractivity contribution in [3.63, 3.8) is 0 Å². The van der Waals surface area contributed by atoms with E-state index in [1.54, 1.807) is 0 Å². The molecule has 1 unspecified atom stereocenters. The number of aliphatic hydroxyl groups excluding tert-OH is 2. The van der Waals surface area contributed by atoms with Crippen LogP contribution < -0.4 is 4.90 Å². The van der Waals surface area contributed by atoms with Gasteiger partial charge < -0.3 is 15.1 Å². The van der Waals surface area contributed by atoms with E-state index in [4.69, 9.17) is 5.11 Å². The van der Waals surface area contributed by atoms with E-state index in [-0.39, 0.29) is 6.61 Å². The Bertz CT molecular complexity index is 590. The molecule has 0 bridgehead atoms. The number of thiazole rings is 1. The lowest BCUT2D eigenvalue weighted by molar-refractivity contribution is 0.129. The molecule has 2 heterocycles. The lowest BCUT2D eigenvalue weighted by Gasteiger charge is -2.21. The van der Waals surface area contributed by atoms with Gasteiger partial charge in [0.1, 0.15) is 0 Å². The molecule has 0 saturated carbocycles. The molecule has 1 fully saturated rings. The highest BCUT2D eigenvalue weighted by atomic mass is 32.1. The van der Waals surface area contributed by atoms with Gasteiger partial charge in [-0.25, -0.2) is 4.98 Å². The number of aromatic nitrogens is 1. The van der Waals surface area contributed by atoms with Gasteiger partial charge in [0, 0.05) is 38.1 Å². The molecule has 5 nitrogen and oxygen atoms in total. The molecule has 22 heavy (non-hydrogen) atoms. The molecular weight excluding hydrogens is 298 g/mol. The second kappa shape index (κ2) is 7.19. The highest BCUT2D eigenvalue weighted by Crippen LogP contribution is 2.22. The van der Waals surface area contributed by atoms with Gasteiger partial charge in [-0.05, 0) is 5.56 Å². The molecule has 0 spiro atoms. The number of hydrogen-bond acceptors (Lipinski definition) is 6. The van der Waals surface area contributed by atoms with Crippen LogP contribution in [0.15, 0.2) is 35.7 Å². The Morgan fingerprint density at radius 1 is 1.18 bits per heavy atom. The van der Waals surface area contributed by atoms with Crippen molar-refractivity contribution in [3.05, 3.63) is 47.0 Å². The van der Waals surface area contributed by atoms with Crippen LogP contribution in [0.25, 0.3) is 0 Å². The zero-order valence-electron chi connectivity index (χ0n) is 12.4. The van der Waals surface area contributed by atoms with E-state index in [0.29, 0.717) is 18.8 Å². The minimum absolute atomic E-state index is 0.0347. The van der Waals surface area contributed by atoms with Crippen LogP contribution in [0.2, 0.25) is 0 Å². The summed E-state index contributed by atoms with van der Waals surface area (Å²) >= 11 is 1.52. The van der Waals surface area contributed by atoms with Gasteiger partial charge in [0.25, 0.3) is 0 Å². The minimum Gasteiger partial charge on any atom is -0.390 e. The van der Waals surface area contributed by atoms with E-state index < -0.39 is 6.10 Å². The summed E-state index contributed by atoms with van der Waals surface area (Å²) in [5.41, 5.74) is 1.96. The van der Waals surface area contributed by atoms with Crippen LogP contribution in [0.5, 0.6) is 0 Å². The summed E-state index contributed by atoms with van der Waals surface area (Å²) in [5, 5.41) is 22.2. The van der Waals surface area contributed by atoms with Crippen molar-refractivity contribution < 1.29 is 10.2 Å². The number of nitrogens with zero attached hydrogens (tertiary/aromatic N) is 3. The van der Waals surface area contributed by atoms with E-state index in [0.717, 1.165) is 24.8 Å². The van der Waals surface area contributed by atoms with Crippen LogP contribution in [-0.2, 0) is 13.2 Å². The fraction of sp³-hybridized carbons (Fsp3) is 0.438. The lowest BCUT2D eigenvalue weighted by Crippen LogP contribution is -2.33. The highest BCUT2D eigenvalue weighted by molar-refractivity contribution is 7.13. The van der Waals surface area contributed by atoms with Crippen LogP contribution >= 0.6 is 11.3 Å². The first-order chi connectivity index (χ1) is 10.7. The smallest absolute Gasteiger partial charge is 0.185 e. The third-order valence-corrected chi connectivity index (χ3v) is 4.76. The molecule has 2 aromatic rings. The van der Waals surface area contributed by atoms with Gasteiger partial charge in [0.15, 0.2) is 5.13 Å². The summed E-state index contributed by atoms with van der Waals surface area (Å²) in [6.45, 7) is 3.80. The van der Waals surface area contributed by atoms with Crippen LogP contribution in [-0.4, -0.2) is 52.4 Å². The second-order valence-electron chi connectivity index (χ2n) is 5.60. The molecule has 0 radical (unpaired) electrons. The van der Waals surface area contributed by atoms with Crippen molar-refractivity contribution in [1.82, 2.24) is 9.88 Å². The molecular formula is C16H21N3O2S. The molecule has 3 rings (SSSR count). The van der Waals surface area contributed by atoms with Crippen LogP contribution in [0.4, 0.5) is 5.13 Å². The van der Waals surface area contributed by atoms with Gasteiger partial charge in [-0.2, -0.15) is 0 Å². The number of rotatable bonds is 4. The normalized spacial score (nSPS) is 20.1. The third-order valence-electron chi connectivity index (χ3n) is 3.81. The van der Waals surface area contributed by atoms with E-state index >= 15 is 0 Å². The zero-order chi connectivity index (χ0) is 15.4. The number of hydrogen-bond donors (Lipinski definition) is 2. The molecule has 6 heteroatoms. The zero-order valence-corrected chi connectivity index (χ0v) is 13.2. The second-order valence-corrected chi connectivity index (χ2v) is 6.44. The topological polar surface area (TPSA) is 59.8 Å². The average Bonchev–Trinajstić information content (AvgIpc) is 2.93. The Labute approximate surface area is 134 Å². The van der Waals surface area contributed by atoms with Crippen LogP contribution in [0.1, 0.15) is 11.3 Å². The van der Waals surface area contributed by atoms with Crippen molar-refractivity contribution >= 4 is 16.5 Å². The van der Waals surface area contributed by atoms with Crippen molar-refractivity contribution in [2.75, 3.05) is 31.1 Å². The molecule has 2 N–H and O–H groups in total. The van der Waals surface area contributed by atoms with Crippen molar-refractivity contribution in [3.8, 4) is 0 Å². The number of anilines is 1. The summed E-state index contributed by atoms with van der Waals surface area (Å²) < 4.78 is 0. The minimum atomic E-state index is -0.396. The fourth-order valence-electron chi connectivity index (χ4n) is 2.73. The summed E-state index contributed by atoms with van der Waals surface area (Å²) in [6.07, 6.45) is -0.396. The first-order valence-corrected chi connectivity index (χ1v) is 8.37. The first kappa shape index (κ1) is 15.4. The van der Waals surface area contributed by atoms with Gasteiger partial charge in [-0.15, -0.1) is 11.3 Å². The molecule has 1 aliphatic rings. The summed E-state index contributed by atoms with van der Waals surface area (Å²) in [7, 11) is 0. The maximum Gasteiger partial charge on any atom is 0.185 e. The third kappa shape index (κ3) is 3.84. The molecule has 0 amide bonds. The summed E-state index contributed by atoms with van der Waals surface area (Å²) in [5.74, 6) is 0. The standard InChI is InChI=1S/C16H21N3O2S/c20-11-14-12-22-16(17-14)19-7-6-18(9-15(21)10-19)8-13-4-2-1-3-5-13/h1-5,12,15,20-21H,6-11H2. The number of aliphatic hydroxyl groups is 2. The lowest BCUT2D eigenvalue weighted by atomic mass is 10.2. The number of benzene rings is 1. The quantitative estimate of drug-likeness (QED) is 0.890. The summed E-state index contributed by atoms with van der Waals surface area (Å²) in [6, 6.07) is 10.3. The molecule has 0 aliphatic carbocycles. The fourth-order valence-corrected chi connectivity index (χ4v) is 3.58. The molecule has 1 saturated heterocycles. The van der Waals surface area contributed by atoms with Gasteiger partial charge in [0.05, 0.1) is 18.4 Å². The maximum atomic E-state index is 10.3. The predicted molar refractivity (Wildman–Crippen MR) is 88.0 cm³/mol. The van der Waals surface area contributed by atoms with Gasteiger partial charge >= 0.3 is 0 Å². The Balaban J connectivity index is 1.65. The first-order valence-electron chi connectivity index (χ1n) is 7.49. The Morgan fingerprint density at radius 3 is 2.73 bits per heavy atom. The largest absolute Gasteiger partial charge is 0.390 e. The van der Waals surface area contributed by atoms with Crippen LogP contribution in [0.3, 0.4) is 0 Å². The van der Waals surface area contributed by atoms with Crippen molar-refractivity contribution in [2.24, 2.45) is 0 Å². The van der Waals surface area contributed by atoms with Crippen LogP contribution in [0, 0.1) is 0 Å². The van der Waals surface area contributed by atoms with E-state index in [1.807, 2.05) is 23.6 Å². The molecule has 118 valence electrons. The van der Waals surface area contributed by atoms with E-state index in [9.17, 15) is 5.11 Å². The van der Waals surface area contributed by atoms with Gasteiger partial charge in [0.2, 0.25) is 0 Å². The number of β-amino-alcohol motifs (C(OH)–C–C–N with tert-alkyl or cyclic N) is 1.